The predicted octanol–water partition coefficient (Wildman–Crippen LogP) is 2.51. The summed E-state index contributed by atoms with van der Waals surface area (Å²) in [6.07, 6.45) is 1.95. The average Bonchev–Trinajstić information content (AvgIpc) is 3.18. The summed E-state index contributed by atoms with van der Waals surface area (Å²) in [5.74, 6) is -0.606. The molecule has 8 nitrogen and oxygen atoms in total. The maximum Gasteiger partial charge on any atom is 0.248 e. The van der Waals surface area contributed by atoms with E-state index in [0.717, 1.165) is 11.3 Å². The van der Waals surface area contributed by atoms with Crippen LogP contribution in [0, 0.1) is 0 Å². The minimum Gasteiger partial charge on any atom is -0.505 e. The van der Waals surface area contributed by atoms with Gasteiger partial charge in [-0.05, 0) is 54.4 Å². The molecule has 0 radical (unpaired) electrons. The third-order valence-corrected chi connectivity index (χ3v) is 4.57. The summed E-state index contributed by atoms with van der Waals surface area (Å²) in [5.41, 5.74) is 9.02. The zero-order valence-electron chi connectivity index (χ0n) is 15.9. The first-order chi connectivity index (χ1) is 14.5. The highest BCUT2D eigenvalue weighted by molar-refractivity contribution is 5.96. The van der Waals surface area contributed by atoms with E-state index >= 15 is 0 Å². The van der Waals surface area contributed by atoms with Crippen LogP contribution < -0.4 is 5.73 Å². The van der Waals surface area contributed by atoms with Crippen LogP contribution in [0.25, 0.3) is 16.7 Å². The Labute approximate surface area is 171 Å². The molecule has 8 heteroatoms. The Bertz CT molecular complexity index is 1250. The number of aromatic hydroxyl groups is 1. The Morgan fingerprint density at radius 2 is 1.83 bits per heavy atom. The van der Waals surface area contributed by atoms with Crippen molar-refractivity contribution in [2.75, 3.05) is 6.61 Å². The van der Waals surface area contributed by atoms with Gasteiger partial charge in [-0.15, -0.1) is 15.0 Å². The molecule has 0 saturated heterocycles. The second-order valence-electron chi connectivity index (χ2n) is 6.68. The lowest BCUT2D eigenvalue weighted by Crippen LogP contribution is -2.10. The first kappa shape index (κ1) is 19.3. The number of para-hydroxylation sites is 1. The number of benzene rings is 3. The molecule has 0 saturated carbocycles. The molecule has 0 aliphatic rings. The molecule has 0 spiro atoms. The molecular formula is C22H19N5O3. The highest BCUT2D eigenvalue weighted by atomic mass is 16.3. The molecule has 150 valence electrons. The van der Waals surface area contributed by atoms with E-state index in [1.807, 2.05) is 30.3 Å². The summed E-state index contributed by atoms with van der Waals surface area (Å²) in [6, 6.07) is 17.6. The van der Waals surface area contributed by atoms with E-state index in [2.05, 4.69) is 15.2 Å². The Kier molecular flexibility index (Phi) is 5.23. The topological polar surface area (TPSA) is 127 Å². The van der Waals surface area contributed by atoms with Crippen LogP contribution in [-0.2, 0) is 6.42 Å². The van der Waals surface area contributed by atoms with Gasteiger partial charge >= 0.3 is 0 Å². The van der Waals surface area contributed by atoms with Gasteiger partial charge in [-0.2, -0.15) is 0 Å². The number of rotatable bonds is 6. The number of aliphatic hydroxyl groups excluding tert-OH is 1. The summed E-state index contributed by atoms with van der Waals surface area (Å²) >= 11 is 0. The van der Waals surface area contributed by atoms with Gasteiger partial charge in [0.15, 0.2) is 5.75 Å². The number of carbonyl (C=O) groups is 1. The van der Waals surface area contributed by atoms with Gasteiger partial charge in [-0.3, -0.25) is 9.79 Å². The van der Waals surface area contributed by atoms with E-state index in [1.165, 1.54) is 4.80 Å². The molecule has 1 amide bonds. The number of carbonyl (C=O) groups excluding carboxylic acids is 1. The Morgan fingerprint density at radius 3 is 2.57 bits per heavy atom. The number of phenolic OH excluding ortho intramolecular Hbond substituents is 1. The largest absolute Gasteiger partial charge is 0.505 e. The summed E-state index contributed by atoms with van der Waals surface area (Å²) < 4.78 is 0. The van der Waals surface area contributed by atoms with Crippen molar-refractivity contribution >= 4 is 28.8 Å². The van der Waals surface area contributed by atoms with E-state index in [0.29, 0.717) is 34.3 Å². The average molecular weight is 401 g/mol. The Balaban J connectivity index is 1.80. The van der Waals surface area contributed by atoms with Crippen molar-refractivity contribution < 1.29 is 15.0 Å². The normalized spacial score (nSPS) is 11.4. The first-order valence-electron chi connectivity index (χ1n) is 9.28. The third kappa shape index (κ3) is 3.89. The van der Waals surface area contributed by atoms with Crippen LogP contribution in [0.4, 0.5) is 5.69 Å². The number of nitrogens with two attached hydrogens (primary N) is 1. The molecule has 3 aromatic carbocycles. The first-order valence-corrected chi connectivity index (χ1v) is 9.28. The smallest absolute Gasteiger partial charge is 0.248 e. The van der Waals surface area contributed by atoms with Crippen molar-refractivity contribution in [1.29, 1.82) is 0 Å². The van der Waals surface area contributed by atoms with Crippen LogP contribution in [0.2, 0.25) is 0 Å². The molecule has 30 heavy (non-hydrogen) atoms. The minimum absolute atomic E-state index is 0.0457. The maximum absolute atomic E-state index is 11.4. The fourth-order valence-electron chi connectivity index (χ4n) is 3.06. The van der Waals surface area contributed by atoms with Crippen molar-refractivity contribution in [3.63, 3.8) is 0 Å². The summed E-state index contributed by atoms with van der Waals surface area (Å²) in [7, 11) is 0. The highest BCUT2D eigenvalue weighted by Gasteiger charge is 2.15. The summed E-state index contributed by atoms with van der Waals surface area (Å²) in [4.78, 5) is 17.1. The fourth-order valence-corrected chi connectivity index (χ4v) is 3.06. The van der Waals surface area contributed by atoms with E-state index in [4.69, 9.17) is 5.73 Å². The molecule has 0 aliphatic carbocycles. The maximum atomic E-state index is 11.4. The van der Waals surface area contributed by atoms with Crippen molar-refractivity contribution in [1.82, 2.24) is 15.0 Å². The highest BCUT2D eigenvalue weighted by Crippen LogP contribution is 2.28. The van der Waals surface area contributed by atoms with Gasteiger partial charge in [0.25, 0.3) is 0 Å². The summed E-state index contributed by atoms with van der Waals surface area (Å²) in [6.45, 7) is -0.0457. The molecule has 0 unspecified atom stereocenters. The van der Waals surface area contributed by atoms with Gasteiger partial charge in [0.1, 0.15) is 16.7 Å². The molecule has 4 rings (SSSR count). The van der Waals surface area contributed by atoms with Crippen molar-refractivity contribution in [2.45, 2.75) is 6.42 Å². The lowest BCUT2D eigenvalue weighted by Gasteiger charge is -2.09. The molecule has 0 atom stereocenters. The summed E-state index contributed by atoms with van der Waals surface area (Å²) in [5, 5.41) is 29.0. The Hall–Kier alpha value is -4.04. The minimum atomic E-state index is -0.557. The quantitative estimate of drug-likeness (QED) is 0.428. The SMILES string of the molecule is NC(=O)c1ccc2nn(-c3cc(CCO)cc(C=Nc4ccccc4)c3O)nc2c1. The van der Waals surface area contributed by atoms with Gasteiger partial charge in [0.05, 0.1) is 5.69 Å². The predicted molar refractivity (Wildman–Crippen MR) is 114 cm³/mol. The van der Waals surface area contributed by atoms with E-state index in [9.17, 15) is 15.0 Å². The van der Waals surface area contributed by atoms with E-state index in [-0.39, 0.29) is 12.4 Å². The molecule has 0 aliphatic heterocycles. The molecule has 1 aromatic heterocycles. The van der Waals surface area contributed by atoms with Gasteiger partial charge in [0.2, 0.25) is 5.91 Å². The number of fused-ring (bicyclic) bond motifs is 1. The lowest BCUT2D eigenvalue weighted by molar-refractivity contribution is 0.100. The van der Waals surface area contributed by atoms with Crippen LogP contribution in [0.5, 0.6) is 5.75 Å². The lowest BCUT2D eigenvalue weighted by atomic mass is 10.1. The van der Waals surface area contributed by atoms with Crippen LogP contribution in [-0.4, -0.2) is 43.9 Å². The number of phenols is 1. The van der Waals surface area contributed by atoms with Crippen molar-refractivity contribution in [3.05, 3.63) is 77.4 Å². The molecule has 0 fully saturated rings. The fraction of sp³-hybridized carbons (Fsp3) is 0.0909. The number of aliphatic hydroxyl groups is 1. The number of amides is 1. The number of primary amides is 1. The van der Waals surface area contributed by atoms with E-state index < -0.39 is 5.91 Å². The number of hydrogen-bond donors (Lipinski definition) is 3. The van der Waals surface area contributed by atoms with Gasteiger partial charge in [0, 0.05) is 23.9 Å². The molecule has 4 aromatic rings. The standard InChI is InChI=1S/C22H19N5O3/c23-22(30)15-6-7-18-19(12-15)26-27(25-18)20-11-14(8-9-28)10-16(21(20)29)13-24-17-4-2-1-3-5-17/h1-7,10-13,28-29H,8-9H2,(H2,23,30). The number of nitrogens with zero attached hydrogens (tertiary/aromatic N) is 4. The van der Waals surface area contributed by atoms with E-state index in [1.54, 1.807) is 36.5 Å². The second kappa shape index (κ2) is 8.14. The third-order valence-electron chi connectivity index (χ3n) is 4.57. The van der Waals surface area contributed by atoms with Crippen LogP contribution in [0.3, 0.4) is 0 Å². The molecular weight excluding hydrogens is 382 g/mol. The zero-order chi connectivity index (χ0) is 21.1. The number of hydrogen-bond acceptors (Lipinski definition) is 6. The van der Waals surface area contributed by atoms with Gasteiger partial charge in [-0.1, -0.05) is 18.2 Å². The second-order valence-corrected chi connectivity index (χ2v) is 6.68. The Morgan fingerprint density at radius 1 is 1.07 bits per heavy atom. The van der Waals surface area contributed by atoms with Gasteiger partial charge < -0.3 is 15.9 Å². The molecule has 1 heterocycles. The van der Waals surface area contributed by atoms with Crippen LogP contribution in [0.15, 0.2) is 65.7 Å². The monoisotopic (exact) mass is 401 g/mol. The number of aliphatic imine (C=N–C) groups is 1. The van der Waals surface area contributed by atoms with Crippen LogP contribution in [0.1, 0.15) is 21.5 Å². The van der Waals surface area contributed by atoms with Crippen LogP contribution >= 0.6 is 0 Å². The zero-order valence-corrected chi connectivity index (χ0v) is 15.9. The molecule has 0 bridgehead atoms. The molecule has 4 N–H and O–H groups in total. The van der Waals surface area contributed by atoms with Crippen molar-refractivity contribution in [2.24, 2.45) is 10.7 Å². The van der Waals surface area contributed by atoms with Crippen molar-refractivity contribution in [3.8, 4) is 11.4 Å². The van der Waals surface area contributed by atoms with Gasteiger partial charge in [-0.25, -0.2) is 0 Å². The number of aromatic nitrogens is 3.